The number of hydrogen-bond acceptors (Lipinski definition) is 4. The van der Waals surface area contributed by atoms with Crippen molar-refractivity contribution in [2.75, 3.05) is 27.2 Å². The minimum atomic E-state index is 0.512. The molecule has 2 aromatic heterocycles. The quantitative estimate of drug-likeness (QED) is 0.612. The lowest BCUT2D eigenvalue weighted by molar-refractivity contribution is 0.487. The van der Waals surface area contributed by atoms with Crippen molar-refractivity contribution < 1.29 is 0 Å². The van der Waals surface area contributed by atoms with Crippen molar-refractivity contribution in [2.45, 2.75) is 32.6 Å². The largest absolute Gasteiger partial charge is 0.356 e. The first kappa shape index (κ1) is 17.9. The molecule has 0 saturated heterocycles. The fourth-order valence-corrected chi connectivity index (χ4v) is 3.80. The van der Waals surface area contributed by atoms with Crippen LogP contribution < -0.4 is 5.32 Å². The Hall–Kier alpha value is -1.40. The lowest BCUT2D eigenvalue weighted by Gasteiger charge is -2.21. The van der Waals surface area contributed by atoms with E-state index in [0.717, 1.165) is 31.9 Å². The maximum atomic E-state index is 4.67. The van der Waals surface area contributed by atoms with Crippen LogP contribution in [-0.4, -0.2) is 43.0 Å². The molecule has 0 radical (unpaired) electrons. The van der Waals surface area contributed by atoms with E-state index < -0.39 is 0 Å². The van der Waals surface area contributed by atoms with Crippen LogP contribution >= 0.6 is 22.7 Å². The summed E-state index contributed by atoms with van der Waals surface area (Å²) in [7, 11) is 3.92. The average Bonchev–Trinajstić information content (AvgIpc) is 3.20. The Morgan fingerprint density at radius 2 is 2.17 bits per heavy atom. The molecule has 0 amide bonds. The van der Waals surface area contributed by atoms with E-state index in [1.165, 1.54) is 15.6 Å². The molecule has 2 aromatic rings. The van der Waals surface area contributed by atoms with Crippen molar-refractivity contribution in [3.63, 3.8) is 0 Å². The van der Waals surface area contributed by atoms with Crippen LogP contribution in [0.1, 0.15) is 35.3 Å². The highest BCUT2D eigenvalue weighted by molar-refractivity contribution is 7.10. The van der Waals surface area contributed by atoms with Crippen molar-refractivity contribution in [2.24, 2.45) is 4.99 Å². The summed E-state index contributed by atoms with van der Waals surface area (Å²) in [4.78, 5) is 12.6. The first-order valence-corrected chi connectivity index (χ1v) is 9.74. The second kappa shape index (κ2) is 9.03. The van der Waals surface area contributed by atoms with Gasteiger partial charge in [-0.2, -0.15) is 0 Å². The lowest BCUT2D eigenvalue weighted by Crippen LogP contribution is -2.40. The molecule has 0 saturated carbocycles. The molecular weight excluding hydrogens is 324 g/mol. The fraction of sp³-hybridized carbons (Fsp3) is 0.529. The van der Waals surface area contributed by atoms with E-state index in [-0.39, 0.29) is 0 Å². The summed E-state index contributed by atoms with van der Waals surface area (Å²) in [5.74, 6) is 1.46. The molecule has 1 N–H and O–H groups in total. The summed E-state index contributed by atoms with van der Waals surface area (Å²) < 4.78 is 0. The van der Waals surface area contributed by atoms with Crippen molar-refractivity contribution in [3.8, 4) is 0 Å². The third-order valence-electron chi connectivity index (χ3n) is 3.57. The minimum absolute atomic E-state index is 0.512. The van der Waals surface area contributed by atoms with Crippen LogP contribution in [0.25, 0.3) is 0 Å². The highest BCUT2D eigenvalue weighted by atomic mass is 32.1. The number of nitrogens with zero attached hydrogens (tertiary/aromatic N) is 3. The van der Waals surface area contributed by atoms with Gasteiger partial charge in [-0.25, -0.2) is 4.98 Å². The highest BCUT2D eigenvalue weighted by Gasteiger charge is 2.08. The number of hydrogen-bond donors (Lipinski definition) is 1. The Morgan fingerprint density at radius 1 is 1.35 bits per heavy atom. The molecule has 0 atom stereocenters. The Kier molecular flexibility index (Phi) is 7.05. The molecular formula is C17H26N4S2. The number of rotatable bonds is 7. The van der Waals surface area contributed by atoms with Gasteiger partial charge in [-0.1, -0.05) is 19.9 Å². The number of nitrogens with one attached hydrogen (secondary N) is 1. The number of thiazole rings is 1. The Labute approximate surface area is 147 Å². The Balaban J connectivity index is 1.75. The summed E-state index contributed by atoms with van der Waals surface area (Å²) in [6, 6.07) is 4.29. The zero-order valence-corrected chi connectivity index (χ0v) is 16.0. The number of aliphatic imine (C=N–C) groups is 1. The molecule has 0 bridgehead atoms. The number of guanidine groups is 1. The van der Waals surface area contributed by atoms with E-state index in [1.54, 1.807) is 11.3 Å². The molecule has 23 heavy (non-hydrogen) atoms. The first-order chi connectivity index (χ1) is 11.1. The molecule has 0 fully saturated rings. The molecule has 126 valence electrons. The molecule has 6 heteroatoms. The highest BCUT2D eigenvalue weighted by Crippen LogP contribution is 2.19. The van der Waals surface area contributed by atoms with Crippen molar-refractivity contribution >= 4 is 28.6 Å². The average molecular weight is 351 g/mol. The minimum Gasteiger partial charge on any atom is -0.356 e. The van der Waals surface area contributed by atoms with E-state index in [1.807, 2.05) is 18.4 Å². The molecule has 4 nitrogen and oxygen atoms in total. The zero-order chi connectivity index (χ0) is 16.7. The number of likely N-dealkylation sites (N-methyl/N-ethyl adjacent to an activating group) is 1. The van der Waals surface area contributed by atoms with Crippen LogP contribution in [0.2, 0.25) is 0 Å². The SMILES string of the molecule is CN=C(NCCc1csc(C(C)C)n1)N(C)CCc1cccs1. The van der Waals surface area contributed by atoms with Gasteiger partial charge >= 0.3 is 0 Å². The van der Waals surface area contributed by atoms with Gasteiger partial charge < -0.3 is 10.2 Å². The molecule has 2 heterocycles. The standard InChI is InChI=1S/C17H26N4S2/c1-13(2)16-20-14(12-23-16)7-9-19-17(18-3)21(4)10-8-15-6-5-11-22-15/h5-6,11-13H,7-10H2,1-4H3,(H,18,19). The van der Waals surface area contributed by atoms with Gasteiger partial charge in [0.15, 0.2) is 5.96 Å². The van der Waals surface area contributed by atoms with Crippen LogP contribution in [0, 0.1) is 0 Å². The van der Waals surface area contributed by atoms with E-state index in [0.29, 0.717) is 5.92 Å². The van der Waals surface area contributed by atoms with Crippen LogP contribution in [0.5, 0.6) is 0 Å². The first-order valence-electron chi connectivity index (χ1n) is 7.98. The molecule has 0 aliphatic carbocycles. The topological polar surface area (TPSA) is 40.5 Å². The summed E-state index contributed by atoms with van der Waals surface area (Å²) >= 11 is 3.57. The Bertz CT molecular complexity index is 602. The van der Waals surface area contributed by atoms with Crippen LogP contribution in [0.15, 0.2) is 27.9 Å². The third kappa shape index (κ3) is 5.62. The zero-order valence-electron chi connectivity index (χ0n) is 14.4. The van der Waals surface area contributed by atoms with Crippen LogP contribution in [0.4, 0.5) is 0 Å². The normalized spacial score (nSPS) is 12.0. The maximum absolute atomic E-state index is 4.67. The maximum Gasteiger partial charge on any atom is 0.193 e. The van der Waals surface area contributed by atoms with E-state index >= 15 is 0 Å². The smallest absolute Gasteiger partial charge is 0.193 e. The van der Waals surface area contributed by atoms with Gasteiger partial charge in [-0.15, -0.1) is 22.7 Å². The van der Waals surface area contributed by atoms with E-state index in [2.05, 4.69) is 64.0 Å². The van der Waals surface area contributed by atoms with E-state index in [4.69, 9.17) is 0 Å². The van der Waals surface area contributed by atoms with Gasteiger partial charge in [-0.05, 0) is 17.9 Å². The van der Waals surface area contributed by atoms with E-state index in [9.17, 15) is 0 Å². The van der Waals surface area contributed by atoms with Gasteiger partial charge in [0.1, 0.15) is 0 Å². The van der Waals surface area contributed by atoms with Crippen LogP contribution in [0.3, 0.4) is 0 Å². The van der Waals surface area contributed by atoms with Gasteiger partial charge in [0, 0.05) is 49.8 Å². The third-order valence-corrected chi connectivity index (χ3v) is 5.71. The molecule has 0 aromatic carbocycles. The molecule has 0 aliphatic heterocycles. The van der Waals surface area contributed by atoms with Gasteiger partial charge in [0.05, 0.1) is 10.7 Å². The van der Waals surface area contributed by atoms with Gasteiger partial charge in [0.2, 0.25) is 0 Å². The van der Waals surface area contributed by atoms with Crippen molar-refractivity contribution in [1.82, 2.24) is 15.2 Å². The van der Waals surface area contributed by atoms with Gasteiger partial charge in [-0.3, -0.25) is 4.99 Å². The Morgan fingerprint density at radius 3 is 2.78 bits per heavy atom. The molecule has 0 unspecified atom stereocenters. The second-order valence-corrected chi connectivity index (χ2v) is 7.73. The molecule has 0 aliphatic rings. The van der Waals surface area contributed by atoms with Crippen molar-refractivity contribution in [1.29, 1.82) is 0 Å². The molecule has 2 rings (SSSR count). The summed E-state index contributed by atoms with van der Waals surface area (Å²) in [5, 5.41) is 8.94. The fourth-order valence-electron chi connectivity index (χ4n) is 2.23. The van der Waals surface area contributed by atoms with Crippen molar-refractivity contribution in [3.05, 3.63) is 38.5 Å². The second-order valence-electron chi connectivity index (χ2n) is 5.81. The summed E-state index contributed by atoms with van der Waals surface area (Å²) in [5.41, 5.74) is 1.17. The number of thiophene rings is 1. The van der Waals surface area contributed by atoms with Gasteiger partial charge in [0.25, 0.3) is 0 Å². The lowest BCUT2D eigenvalue weighted by atomic mass is 10.2. The predicted octanol–water partition coefficient (Wildman–Crippen LogP) is 3.62. The summed E-state index contributed by atoms with van der Waals surface area (Å²) in [6.07, 6.45) is 1.99. The van der Waals surface area contributed by atoms with Crippen LogP contribution in [-0.2, 0) is 12.8 Å². The predicted molar refractivity (Wildman–Crippen MR) is 102 cm³/mol. The molecule has 0 spiro atoms. The monoisotopic (exact) mass is 350 g/mol. The number of aromatic nitrogens is 1. The summed E-state index contributed by atoms with van der Waals surface area (Å²) in [6.45, 7) is 6.20.